The van der Waals surface area contributed by atoms with Gasteiger partial charge in [0.05, 0.1) is 0 Å². The van der Waals surface area contributed by atoms with Crippen molar-refractivity contribution >= 4 is 29.1 Å². The van der Waals surface area contributed by atoms with Crippen LogP contribution in [0, 0.1) is 0 Å². The summed E-state index contributed by atoms with van der Waals surface area (Å²) in [6, 6.07) is 15.0. The van der Waals surface area contributed by atoms with Crippen molar-refractivity contribution < 1.29 is 9.67 Å². The van der Waals surface area contributed by atoms with E-state index < -0.39 is 7.14 Å². The van der Waals surface area contributed by atoms with Crippen molar-refractivity contribution in [2.45, 2.75) is 0 Å². The lowest BCUT2D eigenvalue weighted by Crippen LogP contribution is -2.20. The van der Waals surface area contributed by atoms with E-state index in [9.17, 15) is 9.67 Å². The van der Waals surface area contributed by atoms with Crippen LogP contribution in [0.25, 0.3) is 0 Å². The zero-order valence-electron chi connectivity index (χ0n) is 13.5. The number of benzene rings is 2. The molecule has 0 bridgehead atoms. The zero-order valence-corrected chi connectivity index (χ0v) is 14.4. The van der Waals surface area contributed by atoms with Gasteiger partial charge in [0.25, 0.3) is 0 Å². The molecule has 1 N–H and O–H groups in total. The van der Waals surface area contributed by atoms with E-state index >= 15 is 0 Å². The summed E-state index contributed by atoms with van der Waals surface area (Å²) in [6.45, 7) is 0. The van der Waals surface area contributed by atoms with Crippen LogP contribution in [0.3, 0.4) is 0 Å². The Labute approximate surface area is 132 Å². The van der Waals surface area contributed by atoms with Gasteiger partial charge in [0, 0.05) is 50.2 Å². The third kappa shape index (κ3) is 3.18. The highest BCUT2D eigenvalue weighted by Crippen LogP contribution is 2.42. The van der Waals surface area contributed by atoms with E-state index in [-0.39, 0.29) is 6.35 Å². The standard InChI is InChI=1S/C17H23N2O2P/c1-18(2)14-5-9-16(10-6-14)22(21,13-20)17-11-7-15(8-12-17)19(3)4/h5-12,20H,13H2,1-4H3. The Balaban J connectivity index is 2.41. The Morgan fingerprint density at radius 2 is 1.09 bits per heavy atom. The first-order valence-corrected chi connectivity index (χ1v) is 9.03. The van der Waals surface area contributed by atoms with Gasteiger partial charge < -0.3 is 19.5 Å². The molecule has 0 saturated heterocycles. The molecule has 0 aromatic heterocycles. The van der Waals surface area contributed by atoms with E-state index in [0.29, 0.717) is 10.6 Å². The van der Waals surface area contributed by atoms with Crippen LogP contribution in [-0.4, -0.2) is 39.6 Å². The second-order valence-electron chi connectivity index (χ2n) is 5.70. The van der Waals surface area contributed by atoms with Crippen molar-refractivity contribution in [3.8, 4) is 0 Å². The van der Waals surface area contributed by atoms with Crippen molar-refractivity contribution in [2.75, 3.05) is 44.3 Å². The first-order chi connectivity index (χ1) is 10.4. The van der Waals surface area contributed by atoms with Gasteiger partial charge in [0.15, 0.2) is 7.14 Å². The van der Waals surface area contributed by atoms with E-state index in [0.717, 1.165) is 11.4 Å². The minimum Gasteiger partial charge on any atom is -0.388 e. The fourth-order valence-electron chi connectivity index (χ4n) is 2.30. The summed E-state index contributed by atoms with van der Waals surface area (Å²) in [6.07, 6.45) is -0.365. The summed E-state index contributed by atoms with van der Waals surface area (Å²) in [7, 11) is 4.85. The summed E-state index contributed by atoms with van der Waals surface area (Å²) >= 11 is 0. The molecule has 0 fully saturated rings. The molecule has 118 valence electrons. The van der Waals surface area contributed by atoms with Crippen LogP contribution in [0.15, 0.2) is 48.5 Å². The molecule has 4 nitrogen and oxygen atoms in total. The average Bonchev–Trinajstić information content (AvgIpc) is 2.54. The van der Waals surface area contributed by atoms with Gasteiger partial charge in [-0.3, -0.25) is 0 Å². The SMILES string of the molecule is CN(C)c1ccc(P(=O)(CO)c2ccc(N(C)C)cc2)cc1. The number of nitrogens with zero attached hydrogens (tertiary/aromatic N) is 2. The molecule has 22 heavy (non-hydrogen) atoms. The molecule has 5 heteroatoms. The molecular formula is C17H23N2O2P. The quantitative estimate of drug-likeness (QED) is 0.857. The maximum atomic E-state index is 13.3. The van der Waals surface area contributed by atoms with Crippen LogP contribution >= 0.6 is 7.14 Å². The fourth-order valence-corrected chi connectivity index (χ4v) is 4.18. The summed E-state index contributed by atoms with van der Waals surface area (Å²) < 4.78 is 13.3. The van der Waals surface area contributed by atoms with Gasteiger partial charge in [-0.2, -0.15) is 0 Å². The normalized spacial score (nSPS) is 11.3. The number of hydrogen-bond donors (Lipinski definition) is 1. The van der Waals surface area contributed by atoms with Gasteiger partial charge in [-0.25, -0.2) is 0 Å². The smallest absolute Gasteiger partial charge is 0.167 e. The monoisotopic (exact) mass is 318 g/mol. The Bertz CT molecular complexity index is 609. The number of aliphatic hydroxyl groups excluding tert-OH is 1. The first kappa shape index (κ1) is 16.6. The molecule has 2 aromatic carbocycles. The van der Waals surface area contributed by atoms with Gasteiger partial charge in [0.2, 0.25) is 0 Å². The average molecular weight is 318 g/mol. The van der Waals surface area contributed by atoms with E-state index in [1.165, 1.54) is 0 Å². The van der Waals surface area contributed by atoms with Crippen molar-refractivity contribution in [2.24, 2.45) is 0 Å². The van der Waals surface area contributed by atoms with Crippen molar-refractivity contribution in [3.63, 3.8) is 0 Å². The van der Waals surface area contributed by atoms with E-state index in [1.54, 1.807) is 0 Å². The third-order valence-corrected chi connectivity index (χ3v) is 6.43. The molecule has 0 unspecified atom stereocenters. The van der Waals surface area contributed by atoms with E-state index in [1.807, 2.05) is 86.5 Å². The first-order valence-electron chi connectivity index (χ1n) is 7.14. The maximum absolute atomic E-state index is 13.3. The summed E-state index contributed by atoms with van der Waals surface area (Å²) in [5.41, 5.74) is 2.08. The highest BCUT2D eigenvalue weighted by molar-refractivity contribution is 7.78. The number of hydrogen-bond acceptors (Lipinski definition) is 4. The zero-order chi connectivity index (χ0) is 16.3. The van der Waals surface area contributed by atoms with Crippen LogP contribution in [-0.2, 0) is 4.57 Å². The topological polar surface area (TPSA) is 43.8 Å². The lowest BCUT2D eigenvalue weighted by molar-refractivity contribution is 0.362. The van der Waals surface area contributed by atoms with Crippen molar-refractivity contribution in [1.29, 1.82) is 0 Å². The Hall–Kier alpha value is -1.77. The summed E-state index contributed by atoms with van der Waals surface area (Å²) in [5.74, 6) is 0. The molecule has 0 spiro atoms. The minimum absolute atomic E-state index is 0.365. The highest BCUT2D eigenvalue weighted by atomic mass is 31.2. The second kappa shape index (κ2) is 6.55. The molecule has 0 aliphatic heterocycles. The van der Waals surface area contributed by atoms with Gasteiger partial charge >= 0.3 is 0 Å². The van der Waals surface area contributed by atoms with Crippen LogP contribution < -0.4 is 20.4 Å². The van der Waals surface area contributed by atoms with Gasteiger partial charge in [-0.1, -0.05) is 0 Å². The predicted octanol–water partition coefficient (Wildman–Crippen LogP) is 2.08. The molecular weight excluding hydrogens is 295 g/mol. The van der Waals surface area contributed by atoms with Crippen LogP contribution in [0.4, 0.5) is 11.4 Å². The van der Waals surface area contributed by atoms with Crippen LogP contribution in [0.5, 0.6) is 0 Å². The van der Waals surface area contributed by atoms with Crippen LogP contribution in [0.1, 0.15) is 0 Å². The molecule has 0 heterocycles. The second-order valence-corrected chi connectivity index (χ2v) is 8.50. The van der Waals surface area contributed by atoms with Gasteiger partial charge in [-0.05, 0) is 48.5 Å². The van der Waals surface area contributed by atoms with Crippen molar-refractivity contribution in [3.05, 3.63) is 48.5 Å². The molecule has 0 saturated carbocycles. The fraction of sp³-hybridized carbons (Fsp3) is 0.294. The maximum Gasteiger partial charge on any atom is 0.167 e. The van der Waals surface area contributed by atoms with Crippen LogP contribution in [0.2, 0.25) is 0 Å². The third-order valence-electron chi connectivity index (χ3n) is 3.77. The van der Waals surface area contributed by atoms with E-state index in [2.05, 4.69) is 0 Å². The number of rotatable bonds is 5. The number of aliphatic hydroxyl groups is 1. The Kier molecular flexibility index (Phi) is 4.94. The molecule has 0 amide bonds. The lowest BCUT2D eigenvalue weighted by atomic mass is 10.3. The summed E-state index contributed by atoms with van der Waals surface area (Å²) in [4.78, 5) is 3.97. The molecule has 0 aliphatic carbocycles. The van der Waals surface area contributed by atoms with Gasteiger partial charge in [0.1, 0.15) is 6.35 Å². The summed E-state index contributed by atoms with van der Waals surface area (Å²) in [5, 5.41) is 11.1. The molecule has 2 rings (SSSR count). The molecule has 0 atom stereocenters. The molecule has 0 aliphatic rings. The minimum atomic E-state index is -2.99. The lowest BCUT2D eigenvalue weighted by Gasteiger charge is -2.20. The Morgan fingerprint density at radius 3 is 1.32 bits per heavy atom. The largest absolute Gasteiger partial charge is 0.388 e. The predicted molar refractivity (Wildman–Crippen MR) is 95.5 cm³/mol. The number of anilines is 2. The van der Waals surface area contributed by atoms with Crippen molar-refractivity contribution in [1.82, 2.24) is 0 Å². The van der Waals surface area contributed by atoms with E-state index in [4.69, 9.17) is 0 Å². The molecule has 2 aromatic rings. The Morgan fingerprint density at radius 1 is 0.773 bits per heavy atom. The highest BCUT2D eigenvalue weighted by Gasteiger charge is 2.26. The van der Waals surface area contributed by atoms with Gasteiger partial charge in [-0.15, -0.1) is 0 Å². The molecule has 0 radical (unpaired) electrons.